The molecule has 20 heavy (non-hydrogen) atoms. The molecule has 2 heterocycles. The van der Waals surface area contributed by atoms with Gasteiger partial charge in [-0.15, -0.1) is 0 Å². The van der Waals surface area contributed by atoms with Gasteiger partial charge in [-0.25, -0.2) is 0 Å². The molecule has 1 aromatic rings. The molecule has 4 heteroatoms. The Labute approximate surface area is 126 Å². The second kappa shape index (κ2) is 7.32. The van der Waals surface area contributed by atoms with Crippen molar-refractivity contribution < 1.29 is 4.74 Å². The topological polar surface area (TPSA) is 34.2 Å². The Kier molecular flexibility index (Phi) is 5.73. The molecule has 0 aliphatic carbocycles. The highest BCUT2D eigenvalue weighted by Crippen LogP contribution is 2.30. The van der Waals surface area contributed by atoms with E-state index in [2.05, 4.69) is 42.8 Å². The first-order valence-corrected chi connectivity index (χ1v) is 8.63. The van der Waals surface area contributed by atoms with Gasteiger partial charge in [-0.2, -0.15) is 11.8 Å². The number of nitrogens with zero attached hydrogens (tertiary/aromatic N) is 1. The van der Waals surface area contributed by atoms with Crippen LogP contribution in [0, 0.1) is 19.8 Å². The molecule has 1 aliphatic heterocycles. The van der Waals surface area contributed by atoms with Gasteiger partial charge in [0, 0.05) is 34.8 Å². The summed E-state index contributed by atoms with van der Waals surface area (Å²) in [5.74, 6) is 4.15. The molecule has 112 valence electrons. The van der Waals surface area contributed by atoms with Crippen LogP contribution >= 0.6 is 11.8 Å². The second-order valence-corrected chi connectivity index (χ2v) is 6.68. The molecule has 0 amide bonds. The van der Waals surface area contributed by atoms with E-state index in [-0.39, 0.29) is 0 Å². The number of hydrogen-bond donors (Lipinski definition) is 1. The van der Waals surface area contributed by atoms with Crippen molar-refractivity contribution in [2.24, 2.45) is 5.92 Å². The van der Waals surface area contributed by atoms with Crippen LogP contribution in [0.5, 0.6) is 5.75 Å². The number of nitrogens with one attached hydrogen (secondary N) is 1. The van der Waals surface area contributed by atoms with Gasteiger partial charge in [-0.1, -0.05) is 6.92 Å². The van der Waals surface area contributed by atoms with Crippen molar-refractivity contribution in [3.63, 3.8) is 0 Å². The average molecular weight is 294 g/mol. The molecule has 0 saturated carbocycles. The largest absolute Gasteiger partial charge is 0.496 e. The van der Waals surface area contributed by atoms with Gasteiger partial charge >= 0.3 is 0 Å². The Morgan fingerprint density at radius 3 is 2.90 bits per heavy atom. The van der Waals surface area contributed by atoms with E-state index in [1.165, 1.54) is 29.2 Å². The van der Waals surface area contributed by atoms with E-state index < -0.39 is 0 Å². The lowest BCUT2D eigenvalue weighted by molar-refractivity contribution is 0.401. The number of aryl methyl sites for hydroxylation is 1. The third-order valence-electron chi connectivity index (χ3n) is 4.06. The van der Waals surface area contributed by atoms with Gasteiger partial charge in [-0.3, -0.25) is 4.98 Å². The fraction of sp³-hybridized carbons (Fsp3) is 0.688. The van der Waals surface area contributed by atoms with Crippen molar-refractivity contribution in [3.8, 4) is 5.75 Å². The van der Waals surface area contributed by atoms with Crippen LogP contribution in [0.15, 0.2) is 6.20 Å². The summed E-state index contributed by atoms with van der Waals surface area (Å²) in [6, 6.07) is 0.633. The van der Waals surface area contributed by atoms with E-state index in [0.717, 1.165) is 24.3 Å². The highest BCUT2D eigenvalue weighted by Gasteiger charge is 2.28. The molecule has 1 fully saturated rings. The van der Waals surface area contributed by atoms with Gasteiger partial charge in [0.05, 0.1) is 7.11 Å². The van der Waals surface area contributed by atoms with Crippen LogP contribution in [0.2, 0.25) is 0 Å². The Morgan fingerprint density at radius 1 is 1.40 bits per heavy atom. The number of pyridine rings is 1. The first kappa shape index (κ1) is 15.6. The van der Waals surface area contributed by atoms with Crippen molar-refractivity contribution >= 4 is 11.8 Å². The van der Waals surface area contributed by atoms with Crippen molar-refractivity contribution in [1.82, 2.24) is 10.3 Å². The molecule has 0 aromatic carbocycles. The van der Waals surface area contributed by atoms with Gasteiger partial charge < -0.3 is 10.1 Å². The molecule has 0 spiro atoms. The number of thioether (sulfide) groups is 1. The molecule has 3 nitrogen and oxygen atoms in total. The van der Waals surface area contributed by atoms with Gasteiger partial charge in [0.15, 0.2) is 0 Å². The average Bonchev–Trinajstić information content (AvgIpc) is 2.87. The molecule has 2 atom stereocenters. The molecular formula is C16H26N2OS. The smallest absolute Gasteiger partial charge is 0.128 e. The van der Waals surface area contributed by atoms with E-state index in [9.17, 15) is 0 Å². The fourth-order valence-corrected chi connectivity index (χ4v) is 4.31. The van der Waals surface area contributed by atoms with Crippen LogP contribution in [0.4, 0.5) is 0 Å². The quantitative estimate of drug-likeness (QED) is 0.874. The lowest BCUT2D eigenvalue weighted by atomic mass is 9.95. The summed E-state index contributed by atoms with van der Waals surface area (Å²) < 4.78 is 5.51. The standard InChI is InChI=1S/C16H26N2OS/c1-5-6-17-15-10-20-9-13(15)7-14-12(3)16(19-4)11(2)8-18-14/h8,13,15,17H,5-7,9-10H2,1-4H3. The van der Waals surface area contributed by atoms with Crippen molar-refractivity contribution in [2.45, 2.75) is 39.7 Å². The second-order valence-electron chi connectivity index (χ2n) is 5.61. The van der Waals surface area contributed by atoms with Gasteiger partial charge in [-0.05, 0) is 44.9 Å². The zero-order chi connectivity index (χ0) is 14.5. The first-order valence-electron chi connectivity index (χ1n) is 7.47. The fourth-order valence-electron chi connectivity index (χ4n) is 2.88. The van der Waals surface area contributed by atoms with Crippen LogP contribution in [-0.4, -0.2) is 36.2 Å². The summed E-state index contributed by atoms with van der Waals surface area (Å²) in [7, 11) is 1.75. The number of methoxy groups -OCH3 is 1. The number of aromatic nitrogens is 1. The number of ether oxygens (including phenoxy) is 1. The van der Waals surface area contributed by atoms with Crippen molar-refractivity contribution in [1.29, 1.82) is 0 Å². The Balaban J connectivity index is 2.09. The zero-order valence-corrected chi connectivity index (χ0v) is 13.8. The van der Waals surface area contributed by atoms with E-state index >= 15 is 0 Å². The molecule has 2 unspecified atom stereocenters. The van der Waals surface area contributed by atoms with Crippen LogP contribution in [0.1, 0.15) is 30.2 Å². The van der Waals surface area contributed by atoms with Crippen molar-refractivity contribution in [3.05, 3.63) is 23.0 Å². The summed E-state index contributed by atoms with van der Waals surface area (Å²) >= 11 is 2.06. The minimum atomic E-state index is 0.633. The number of rotatable bonds is 6. The van der Waals surface area contributed by atoms with E-state index in [1.807, 2.05) is 6.20 Å². The summed E-state index contributed by atoms with van der Waals surface area (Å²) in [5, 5.41) is 3.68. The maximum Gasteiger partial charge on any atom is 0.128 e. The van der Waals surface area contributed by atoms with E-state index in [1.54, 1.807) is 7.11 Å². The first-order chi connectivity index (χ1) is 9.67. The Morgan fingerprint density at radius 2 is 2.20 bits per heavy atom. The Bertz CT molecular complexity index is 450. The zero-order valence-electron chi connectivity index (χ0n) is 13.0. The molecular weight excluding hydrogens is 268 g/mol. The molecule has 1 aromatic heterocycles. The maximum atomic E-state index is 5.51. The summed E-state index contributed by atoms with van der Waals surface area (Å²) in [4.78, 5) is 4.65. The predicted molar refractivity (Wildman–Crippen MR) is 86.9 cm³/mol. The SMILES string of the molecule is CCCNC1CSCC1Cc1ncc(C)c(OC)c1C. The van der Waals surface area contributed by atoms with Gasteiger partial charge in [0.1, 0.15) is 5.75 Å². The normalized spacial score (nSPS) is 22.2. The maximum absolute atomic E-state index is 5.51. The third kappa shape index (κ3) is 3.47. The molecule has 2 rings (SSSR count). The molecule has 1 N–H and O–H groups in total. The Hall–Kier alpha value is -0.740. The van der Waals surface area contributed by atoms with E-state index in [0.29, 0.717) is 12.0 Å². The highest BCUT2D eigenvalue weighted by atomic mass is 32.2. The summed E-state index contributed by atoms with van der Waals surface area (Å²) in [6.45, 7) is 7.52. The van der Waals surface area contributed by atoms with Gasteiger partial charge in [0.25, 0.3) is 0 Å². The number of hydrogen-bond acceptors (Lipinski definition) is 4. The lowest BCUT2D eigenvalue weighted by Crippen LogP contribution is -2.37. The van der Waals surface area contributed by atoms with Crippen LogP contribution < -0.4 is 10.1 Å². The minimum absolute atomic E-state index is 0.633. The third-order valence-corrected chi connectivity index (χ3v) is 5.32. The monoisotopic (exact) mass is 294 g/mol. The van der Waals surface area contributed by atoms with Crippen LogP contribution in [0.25, 0.3) is 0 Å². The van der Waals surface area contributed by atoms with Crippen LogP contribution in [0.3, 0.4) is 0 Å². The molecule has 0 radical (unpaired) electrons. The van der Waals surface area contributed by atoms with E-state index in [4.69, 9.17) is 4.74 Å². The molecule has 1 saturated heterocycles. The van der Waals surface area contributed by atoms with Gasteiger partial charge in [0.2, 0.25) is 0 Å². The summed E-state index contributed by atoms with van der Waals surface area (Å²) in [6.07, 6.45) is 4.19. The predicted octanol–water partition coefficient (Wildman–Crippen LogP) is 2.98. The molecule has 1 aliphatic rings. The minimum Gasteiger partial charge on any atom is -0.496 e. The summed E-state index contributed by atoms with van der Waals surface area (Å²) in [5.41, 5.74) is 3.53. The van der Waals surface area contributed by atoms with Crippen LogP contribution in [-0.2, 0) is 6.42 Å². The van der Waals surface area contributed by atoms with Crippen molar-refractivity contribution in [2.75, 3.05) is 25.2 Å². The highest BCUT2D eigenvalue weighted by molar-refractivity contribution is 7.99. The lowest BCUT2D eigenvalue weighted by Gasteiger charge is -2.21. The molecule has 0 bridgehead atoms.